The van der Waals surface area contributed by atoms with Gasteiger partial charge in [0.2, 0.25) is 17.8 Å². The first-order valence-electron chi connectivity index (χ1n) is 9.54. The molecular weight excluding hydrogens is 368 g/mol. The fraction of sp³-hybridized carbons (Fsp3) is 0.286. The first kappa shape index (κ1) is 18.9. The van der Waals surface area contributed by atoms with E-state index in [-0.39, 0.29) is 0 Å². The number of morpholine rings is 1. The average Bonchev–Trinajstić information content (AvgIpc) is 2.75. The van der Waals surface area contributed by atoms with Gasteiger partial charge in [-0.25, -0.2) is 0 Å². The molecule has 29 heavy (non-hydrogen) atoms. The van der Waals surface area contributed by atoms with E-state index in [9.17, 15) is 0 Å². The number of rotatable bonds is 6. The Balaban J connectivity index is 1.68. The quantitative estimate of drug-likeness (QED) is 0.659. The summed E-state index contributed by atoms with van der Waals surface area (Å²) >= 11 is 0. The van der Waals surface area contributed by atoms with E-state index in [1.54, 1.807) is 7.11 Å². The van der Waals surface area contributed by atoms with Crippen LogP contribution in [-0.2, 0) is 4.74 Å². The normalized spacial score (nSPS) is 13.8. The molecule has 1 aliphatic rings. The molecule has 4 rings (SSSR count). The number of aryl methyl sites for hydroxylation is 1. The van der Waals surface area contributed by atoms with Crippen molar-refractivity contribution in [3.63, 3.8) is 0 Å². The van der Waals surface area contributed by atoms with Crippen LogP contribution in [0.1, 0.15) is 5.56 Å². The molecule has 8 heteroatoms. The highest BCUT2D eigenvalue weighted by Gasteiger charge is 2.17. The summed E-state index contributed by atoms with van der Waals surface area (Å²) in [7, 11) is 1.64. The minimum absolute atomic E-state index is 0.448. The Kier molecular flexibility index (Phi) is 5.71. The van der Waals surface area contributed by atoms with E-state index in [0.29, 0.717) is 31.1 Å². The fourth-order valence-corrected chi connectivity index (χ4v) is 3.07. The summed E-state index contributed by atoms with van der Waals surface area (Å²) in [4.78, 5) is 15.9. The second kappa shape index (κ2) is 8.74. The summed E-state index contributed by atoms with van der Waals surface area (Å²) in [6.45, 7) is 4.81. The molecular formula is C21H24N6O2. The van der Waals surface area contributed by atoms with Gasteiger partial charge in [0.1, 0.15) is 5.75 Å². The van der Waals surface area contributed by atoms with Crippen LogP contribution >= 0.6 is 0 Å². The molecule has 0 radical (unpaired) electrons. The predicted octanol–water partition coefficient (Wildman–Crippen LogP) is 3.51. The maximum absolute atomic E-state index is 5.47. The van der Waals surface area contributed by atoms with Gasteiger partial charge >= 0.3 is 0 Å². The molecule has 2 aromatic carbocycles. The molecule has 2 N–H and O–H groups in total. The SMILES string of the molecule is COc1ccc(C)cc1Nc1nc(Nc2ccccc2)nc(N2CCOCC2)n1. The highest BCUT2D eigenvalue weighted by Crippen LogP contribution is 2.28. The van der Waals surface area contributed by atoms with Gasteiger partial charge in [0.15, 0.2) is 0 Å². The number of nitrogens with one attached hydrogen (secondary N) is 2. The number of hydrogen-bond acceptors (Lipinski definition) is 8. The molecule has 1 aliphatic heterocycles. The Hall–Kier alpha value is -3.39. The minimum atomic E-state index is 0.448. The maximum Gasteiger partial charge on any atom is 0.233 e. The van der Waals surface area contributed by atoms with Gasteiger partial charge in [-0.05, 0) is 36.8 Å². The van der Waals surface area contributed by atoms with Crippen LogP contribution in [-0.4, -0.2) is 48.4 Å². The summed E-state index contributed by atoms with van der Waals surface area (Å²) in [6.07, 6.45) is 0. The van der Waals surface area contributed by atoms with E-state index in [1.807, 2.05) is 55.5 Å². The van der Waals surface area contributed by atoms with Crippen molar-refractivity contribution in [1.29, 1.82) is 0 Å². The van der Waals surface area contributed by atoms with Crippen LogP contribution in [0.15, 0.2) is 48.5 Å². The largest absolute Gasteiger partial charge is 0.495 e. The first-order chi connectivity index (χ1) is 14.2. The van der Waals surface area contributed by atoms with Crippen LogP contribution in [0.4, 0.5) is 29.2 Å². The van der Waals surface area contributed by atoms with Crippen LogP contribution in [0.25, 0.3) is 0 Å². The number of benzene rings is 2. The predicted molar refractivity (Wildman–Crippen MR) is 114 cm³/mol. The molecule has 2 heterocycles. The summed E-state index contributed by atoms with van der Waals surface area (Å²) in [5, 5.41) is 6.54. The van der Waals surface area contributed by atoms with Crippen molar-refractivity contribution in [2.24, 2.45) is 0 Å². The first-order valence-corrected chi connectivity index (χ1v) is 9.54. The summed E-state index contributed by atoms with van der Waals surface area (Å²) in [5.41, 5.74) is 2.82. The van der Waals surface area contributed by atoms with Crippen LogP contribution in [0.5, 0.6) is 5.75 Å². The van der Waals surface area contributed by atoms with E-state index in [1.165, 1.54) is 0 Å². The van der Waals surface area contributed by atoms with Crippen molar-refractivity contribution < 1.29 is 9.47 Å². The van der Waals surface area contributed by atoms with Crippen molar-refractivity contribution in [3.8, 4) is 5.75 Å². The maximum atomic E-state index is 5.47. The second-order valence-corrected chi connectivity index (χ2v) is 6.70. The van der Waals surface area contributed by atoms with E-state index in [4.69, 9.17) is 9.47 Å². The van der Waals surface area contributed by atoms with Gasteiger partial charge in [-0.2, -0.15) is 15.0 Å². The van der Waals surface area contributed by atoms with Crippen LogP contribution < -0.4 is 20.3 Å². The zero-order chi connectivity index (χ0) is 20.1. The Bertz CT molecular complexity index is 961. The Labute approximate surface area is 169 Å². The van der Waals surface area contributed by atoms with E-state index < -0.39 is 0 Å². The zero-order valence-corrected chi connectivity index (χ0v) is 16.6. The molecule has 0 amide bonds. The lowest BCUT2D eigenvalue weighted by Gasteiger charge is -2.27. The van der Waals surface area contributed by atoms with Gasteiger partial charge in [-0.15, -0.1) is 0 Å². The number of nitrogens with zero attached hydrogens (tertiary/aromatic N) is 4. The van der Waals surface area contributed by atoms with Gasteiger partial charge in [0.05, 0.1) is 26.0 Å². The molecule has 0 atom stereocenters. The minimum Gasteiger partial charge on any atom is -0.495 e. The van der Waals surface area contributed by atoms with Crippen molar-refractivity contribution in [2.75, 3.05) is 48.9 Å². The summed E-state index contributed by atoms with van der Waals surface area (Å²) in [6, 6.07) is 15.7. The third kappa shape index (κ3) is 4.72. The zero-order valence-electron chi connectivity index (χ0n) is 16.6. The molecule has 8 nitrogen and oxygen atoms in total. The highest BCUT2D eigenvalue weighted by molar-refractivity contribution is 5.65. The molecule has 3 aromatic rings. The Morgan fingerprint density at radius 3 is 2.38 bits per heavy atom. The van der Waals surface area contributed by atoms with Crippen molar-refractivity contribution in [2.45, 2.75) is 6.92 Å². The number of anilines is 5. The van der Waals surface area contributed by atoms with Gasteiger partial charge in [-0.1, -0.05) is 24.3 Å². The Morgan fingerprint density at radius 2 is 1.66 bits per heavy atom. The van der Waals surface area contributed by atoms with E-state index in [2.05, 4.69) is 30.5 Å². The van der Waals surface area contributed by atoms with Crippen molar-refractivity contribution >= 4 is 29.2 Å². The molecule has 0 saturated carbocycles. The highest BCUT2D eigenvalue weighted by atomic mass is 16.5. The summed E-state index contributed by atoms with van der Waals surface area (Å²) < 4.78 is 10.9. The topological polar surface area (TPSA) is 84.4 Å². The summed E-state index contributed by atoms with van der Waals surface area (Å²) in [5.74, 6) is 2.25. The lowest BCUT2D eigenvalue weighted by atomic mass is 10.2. The van der Waals surface area contributed by atoms with Gasteiger partial charge in [0, 0.05) is 18.8 Å². The monoisotopic (exact) mass is 392 g/mol. The van der Waals surface area contributed by atoms with E-state index >= 15 is 0 Å². The number of hydrogen-bond donors (Lipinski definition) is 2. The van der Waals surface area contributed by atoms with Crippen LogP contribution in [0.3, 0.4) is 0 Å². The molecule has 0 spiro atoms. The smallest absolute Gasteiger partial charge is 0.233 e. The van der Waals surface area contributed by atoms with Crippen molar-refractivity contribution in [1.82, 2.24) is 15.0 Å². The third-order valence-electron chi connectivity index (χ3n) is 4.55. The van der Waals surface area contributed by atoms with Gasteiger partial charge < -0.3 is 25.0 Å². The lowest BCUT2D eigenvalue weighted by molar-refractivity contribution is 0.122. The van der Waals surface area contributed by atoms with Crippen LogP contribution in [0.2, 0.25) is 0 Å². The average molecular weight is 392 g/mol. The molecule has 150 valence electrons. The third-order valence-corrected chi connectivity index (χ3v) is 4.55. The number of methoxy groups -OCH3 is 1. The molecule has 1 aromatic heterocycles. The van der Waals surface area contributed by atoms with E-state index in [0.717, 1.165) is 35.8 Å². The fourth-order valence-electron chi connectivity index (χ4n) is 3.07. The molecule has 0 unspecified atom stereocenters. The number of aromatic nitrogens is 3. The lowest BCUT2D eigenvalue weighted by Crippen LogP contribution is -2.37. The second-order valence-electron chi connectivity index (χ2n) is 6.70. The molecule has 1 saturated heterocycles. The number of ether oxygens (including phenoxy) is 2. The van der Waals surface area contributed by atoms with Crippen LogP contribution in [0, 0.1) is 6.92 Å². The van der Waals surface area contributed by atoms with Gasteiger partial charge in [-0.3, -0.25) is 0 Å². The van der Waals surface area contributed by atoms with Crippen molar-refractivity contribution in [3.05, 3.63) is 54.1 Å². The molecule has 1 fully saturated rings. The molecule has 0 aliphatic carbocycles. The molecule has 0 bridgehead atoms. The van der Waals surface area contributed by atoms with Gasteiger partial charge in [0.25, 0.3) is 0 Å². The Morgan fingerprint density at radius 1 is 0.931 bits per heavy atom. The standard InChI is InChI=1S/C21H24N6O2/c1-15-8-9-18(28-2)17(14-15)23-20-24-19(22-16-6-4-3-5-7-16)25-21(26-20)27-10-12-29-13-11-27/h3-9,14H,10-13H2,1-2H3,(H2,22,23,24,25,26). The number of para-hydroxylation sites is 1.